The molecule has 2 aliphatic heterocycles. The Labute approximate surface area is 298 Å². The van der Waals surface area contributed by atoms with E-state index < -0.39 is 17.3 Å². The van der Waals surface area contributed by atoms with Crippen LogP contribution < -0.4 is 11.4 Å². The zero-order valence-electron chi connectivity index (χ0n) is 29.8. The number of benzene rings is 2. The molecule has 0 radical (unpaired) electrons. The molecule has 2 atom stereocenters. The molecule has 4 aromatic heterocycles. The van der Waals surface area contributed by atoms with Gasteiger partial charge >= 0.3 is 11.4 Å². The average molecular weight is 709 g/mol. The van der Waals surface area contributed by atoms with E-state index in [0.29, 0.717) is 72.7 Å². The largest absolute Gasteiger partial charge is 0.438 e. The predicted molar refractivity (Wildman–Crippen MR) is 191 cm³/mol. The van der Waals surface area contributed by atoms with Crippen molar-refractivity contribution in [1.82, 2.24) is 38.9 Å². The molecule has 1 amide bonds. The number of amides is 1. The van der Waals surface area contributed by atoms with Crippen LogP contribution >= 0.6 is 0 Å². The smallest absolute Gasteiger partial charge is 0.381 e. The number of hydrogen-bond donors (Lipinski definition) is 2. The van der Waals surface area contributed by atoms with Crippen molar-refractivity contribution in [1.29, 1.82) is 0 Å². The van der Waals surface area contributed by atoms with Crippen molar-refractivity contribution in [2.45, 2.75) is 77.8 Å². The number of aromatic amines is 2. The lowest BCUT2D eigenvalue weighted by Crippen LogP contribution is -2.42. The first-order chi connectivity index (χ1) is 25.0. The topological polar surface area (TPSA) is 149 Å². The number of nitrogens with one attached hydrogen (secondary N) is 2. The van der Waals surface area contributed by atoms with Gasteiger partial charge in [0.15, 0.2) is 5.82 Å². The second-order valence-corrected chi connectivity index (χ2v) is 14.2. The summed E-state index contributed by atoms with van der Waals surface area (Å²) in [6.45, 7) is 11.0. The van der Waals surface area contributed by atoms with Gasteiger partial charge in [0.25, 0.3) is 5.91 Å². The number of rotatable bonds is 7. The van der Waals surface area contributed by atoms with Crippen molar-refractivity contribution in [2.75, 3.05) is 19.8 Å². The summed E-state index contributed by atoms with van der Waals surface area (Å²) in [6.07, 6.45) is 5.96. The molecule has 0 unspecified atom stereocenters. The number of halogens is 1. The van der Waals surface area contributed by atoms with Gasteiger partial charge < -0.3 is 19.2 Å². The standard InChI is InChI=1S/C38H41FN8O5/c1-6-38(5,35-41-37(50)52-43-35)46-29-8-7-25(24-10-15-51-16-11-24)19-26(29)20-30(46)34(48)44-13-9-28-31(23(44)4)33(45-14-12-40-36(45)49)47(42-28)27-17-21(2)32(39)22(3)18-27/h7-8,12,14,17-20,23-24H,6,9-11,13,15-16H2,1-5H3,(H,40,49)(H,41,43,50)/t23-,38+/m0/s1. The van der Waals surface area contributed by atoms with Gasteiger partial charge in [-0.05, 0) is 99.9 Å². The number of H-pyrrole nitrogens is 2. The van der Waals surface area contributed by atoms with E-state index in [4.69, 9.17) is 14.4 Å². The zero-order valence-corrected chi connectivity index (χ0v) is 29.8. The van der Waals surface area contributed by atoms with Crippen LogP contribution in [0.25, 0.3) is 22.4 Å². The monoisotopic (exact) mass is 708 g/mol. The van der Waals surface area contributed by atoms with Crippen LogP contribution in [0.15, 0.2) is 62.9 Å². The number of carbonyl (C=O) groups excluding carboxylic acids is 1. The van der Waals surface area contributed by atoms with Crippen molar-refractivity contribution in [3.05, 3.63) is 115 Å². The summed E-state index contributed by atoms with van der Waals surface area (Å²) in [5.74, 6) is -0.0392. The summed E-state index contributed by atoms with van der Waals surface area (Å²) in [5.41, 5.74) is 4.14. The summed E-state index contributed by atoms with van der Waals surface area (Å²) < 4.78 is 30.4. The van der Waals surface area contributed by atoms with Crippen molar-refractivity contribution < 1.29 is 18.4 Å². The fourth-order valence-electron chi connectivity index (χ4n) is 8.12. The lowest BCUT2D eigenvalue weighted by atomic mass is 9.91. The van der Waals surface area contributed by atoms with E-state index in [1.54, 1.807) is 43.1 Å². The first kappa shape index (κ1) is 33.6. The quantitative estimate of drug-likeness (QED) is 0.221. The first-order valence-corrected chi connectivity index (χ1v) is 17.8. The minimum atomic E-state index is -0.948. The molecule has 6 aromatic rings. The molecule has 6 heterocycles. The highest BCUT2D eigenvalue weighted by molar-refractivity contribution is 5.99. The number of nitrogens with zero attached hydrogens (tertiary/aromatic N) is 6. The van der Waals surface area contributed by atoms with Crippen molar-refractivity contribution in [3.63, 3.8) is 0 Å². The van der Waals surface area contributed by atoms with E-state index in [-0.39, 0.29) is 17.4 Å². The molecule has 52 heavy (non-hydrogen) atoms. The average Bonchev–Trinajstić information content (AvgIpc) is 3.95. The number of hydrogen-bond acceptors (Lipinski definition) is 7. The van der Waals surface area contributed by atoms with Gasteiger partial charge in [-0.2, -0.15) is 5.10 Å². The van der Waals surface area contributed by atoms with Crippen LogP contribution in [0.5, 0.6) is 0 Å². The fraction of sp³-hybridized carbons (Fsp3) is 0.395. The lowest BCUT2D eigenvalue weighted by Gasteiger charge is -2.36. The highest BCUT2D eigenvalue weighted by Crippen LogP contribution is 2.40. The lowest BCUT2D eigenvalue weighted by molar-refractivity contribution is 0.0660. The Bertz CT molecular complexity index is 2430. The number of aromatic nitrogens is 7. The highest BCUT2D eigenvalue weighted by Gasteiger charge is 2.40. The van der Waals surface area contributed by atoms with E-state index in [2.05, 4.69) is 27.3 Å². The Morgan fingerprint density at radius 1 is 1.10 bits per heavy atom. The SMILES string of the molecule is CC[C@](C)(c1noc(=O)[nH]1)n1c(C(=O)N2CCc3nn(-c4cc(C)c(F)c(C)c4)c(-n4cc[nH]c4=O)c3[C@@H]2C)cc2cc(C3CCOCC3)ccc21. The van der Waals surface area contributed by atoms with E-state index >= 15 is 4.79 Å². The summed E-state index contributed by atoms with van der Waals surface area (Å²) in [6, 6.07) is 11.2. The Balaban J connectivity index is 1.28. The molecule has 13 nitrogen and oxygen atoms in total. The molecule has 0 bridgehead atoms. The Morgan fingerprint density at radius 2 is 1.85 bits per heavy atom. The van der Waals surface area contributed by atoms with Crippen molar-refractivity contribution in [3.8, 4) is 11.5 Å². The molecule has 2 aromatic carbocycles. The van der Waals surface area contributed by atoms with Crippen LogP contribution in [0.1, 0.15) is 96.3 Å². The van der Waals surface area contributed by atoms with Gasteiger partial charge in [-0.1, -0.05) is 18.1 Å². The third-order valence-corrected chi connectivity index (χ3v) is 11.1. The molecule has 0 aliphatic carbocycles. The number of carbonyl (C=O) groups is 1. The summed E-state index contributed by atoms with van der Waals surface area (Å²) in [4.78, 5) is 47.7. The molecular formula is C38H41FN8O5. The molecule has 270 valence electrons. The van der Waals surface area contributed by atoms with E-state index in [1.807, 2.05) is 42.4 Å². The van der Waals surface area contributed by atoms with Crippen LogP contribution in [0.2, 0.25) is 0 Å². The van der Waals surface area contributed by atoms with Gasteiger partial charge in [0.1, 0.15) is 22.9 Å². The molecule has 0 spiro atoms. The Hall–Kier alpha value is -5.50. The molecule has 8 rings (SSSR count). The maximum absolute atomic E-state index is 15.1. The van der Waals surface area contributed by atoms with Crippen molar-refractivity contribution >= 4 is 16.8 Å². The van der Waals surface area contributed by atoms with Gasteiger partial charge in [-0.3, -0.25) is 18.9 Å². The van der Waals surface area contributed by atoms with Gasteiger partial charge in [0, 0.05) is 55.0 Å². The van der Waals surface area contributed by atoms with Gasteiger partial charge in [-0.25, -0.2) is 18.7 Å². The van der Waals surface area contributed by atoms with Gasteiger partial charge in [-0.15, -0.1) is 0 Å². The predicted octanol–water partition coefficient (Wildman–Crippen LogP) is 5.57. The maximum Gasteiger partial charge on any atom is 0.438 e. The summed E-state index contributed by atoms with van der Waals surface area (Å²) >= 11 is 0. The minimum absolute atomic E-state index is 0.221. The van der Waals surface area contributed by atoms with Gasteiger partial charge in [0.2, 0.25) is 0 Å². The Morgan fingerprint density at radius 3 is 2.50 bits per heavy atom. The second-order valence-electron chi connectivity index (χ2n) is 14.2. The normalized spacial score (nSPS) is 17.8. The fourth-order valence-corrected chi connectivity index (χ4v) is 8.12. The molecule has 1 saturated heterocycles. The molecule has 1 fully saturated rings. The summed E-state index contributed by atoms with van der Waals surface area (Å²) in [5, 5.41) is 9.96. The number of imidazole rings is 1. The molecule has 2 N–H and O–H groups in total. The van der Waals surface area contributed by atoms with Crippen LogP contribution in [-0.2, 0) is 16.7 Å². The first-order valence-electron chi connectivity index (χ1n) is 17.8. The van der Waals surface area contributed by atoms with Crippen LogP contribution in [0.3, 0.4) is 0 Å². The second kappa shape index (κ2) is 12.6. The molecule has 14 heteroatoms. The molecular weight excluding hydrogens is 667 g/mol. The third kappa shape index (κ3) is 5.26. The third-order valence-electron chi connectivity index (χ3n) is 11.1. The van der Waals surface area contributed by atoms with E-state index in [0.717, 1.165) is 35.0 Å². The minimum Gasteiger partial charge on any atom is -0.381 e. The van der Waals surface area contributed by atoms with Crippen LogP contribution in [0, 0.1) is 19.7 Å². The van der Waals surface area contributed by atoms with Crippen molar-refractivity contribution in [2.24, 2.45) is 0 Å². The van der Waals surface area contributed by atoms with Crippen LogP contribution in [-0.4, -0.2) is 64.6 Å². The summed E-state index contributed by atoms with van der Waals surface area (Å²) in [7, 11) is 0. The maximum atomic E-state index is 15.1. The number of fused-ring (bicyclic) bond motifs is 2. The molecule has 0 saturated carbocycles. The van der Waals surface area contributed by atoms with Gasteiger partial charge in [0.05, 0.1) is 17.4 Å². The zero-order chi connectivity index (χ0) is 36.5. The van der Waals surface area contributed by atoms with E-state index in [1.165, 1.54) is 10.1 Å². The van der Waals surface area contributed by atoms with E-state index in [9.17, 15) is 14.0 Å². The van der Waals surface area contributed by atoms with Crippen LogP contribution in [0.4, 0.5) is 4.39 Å². The highest BCUT2D eigenvalue weighted by atomic mass is 19.1. The Kier molecular flexibility index (Phi) is 8.16. The number of aryl methyl sites for hydroxylation is 2. The number of ether oxygens (including phenoxy) is 1. The molecule has 2 aliphatic rings.